The van der Waals surface area contributed by atoms with Gasteiger partial charge in [0.15, 0.2) is 0 Å². The molecule has 23 heavy (non-hydrogen) atoms. The van der Waals surface area contributed by atoms with Gasteiger partial charge in [0.25, 0.3) is 0 Å². The second-order valence-corrected chi connectivity index (χ2v) is 6.08. The highest BCUT2D eigenvalue weighted by atomic mass is 16.5. The van der Waals surface area contributed by atoms with E-state index in [1.807, 2.05) is 30.3 Å². The summed E-state index contributed by atoms with van der Waals surface area (Å²) in [6.07, 6.45) is 5.17. The molecule has 0 amide bonds. The third-order valence-electron chi connectivity index (χ3n) is 4.56. The van der Waals surface area contributed by atoms with E-state index in [9.17, 15) is 4.79 Å². The Hall–Kier alpha value is -2.68. The smallest absolute Gasteiger partial charge is 0.316 e. The number of nitrogens with zero attached hydrogens (tertiary/aromatic N) is 1. The molecule has 0 bridgehead atoms. The topological polar surface area (TPSA) is 39.2 Å². The number of carbonyl (C=O) groups excluding carboxylic acids is 1. The summed E-state index contributed by atoms with van der Waals surface area (Å²) in [5.41, 5.74) is 1.58. The number of esters is 1. The molecule has 0 N–H and O–H groups in total. The van der Waals surface area contributed by atoms with Crippen molar-refractivity contribution in [2.75, 3.05) is 0 Å². The van der Waals surface area contributed by atoms with Crippen LogP contribution in [0, 0.1) is 0 Å². The molecule has 0 aliphatic heterocycles. The van der Waals surface area contributed by atoms with Crippen molar-refractivity contribution in [3.05, 3.63) is 78.1 Å². The van der Waals surface area contributed by atoms with E-state index in [2.05, 4.69) is 29.2 Å². The standard InChI is InChI=1S/C20H17NO2/c22-19(20(9-10-20)18-7-11-21-12-8-18)23-14-15-5-6-16-3-1-2-4-17(16)13-15/h1-8,11-13H,9-10,14H2. The van der Waals surface area contributed by atoms with E-state index in [1.54, 1.807) is 12.4 Å². The molecule has 3 heteroatoms. The Labute approximate surface area is 134 Å². The Morgan fingerprint density at radius 3 is 2.48 bits per heavy atom. The number of fused-ring (bicyclic) bond motifs is 1. The molecule has 2 aromatic carbocycles. The van der Waals surface area contributed by atoms with Gasteiger partial charge in [-0.1, -0.05) is 36.4 Å². The lowest BCUT2D eigenvalue weighted by atomic mass is 9.97. The van der Waals surface area contributed by atoms with Gasteiger partial charge < -0.3 is 4.74 Å². The van der Waals surface area contributed by atoms with Crippen LogP contribution >= 0.6 is 0 Å². The largest absolute Gasteiger partial charge is 0.460 e. The predicted octanol–water partition coefficient (Wildman–Crippen LogP) is 4.01. The highest BCUT2D eigenvalue weighted by Gasteiger charge is 2.52. The molecule has 3 aromatic rings. The van der Waals surface area contributed by atoms with Crippen LogP contribution in [0.4, 0.5) is 0 Å². The third-order valence-corrected chi connectivity index (χ3v) is 4.56. The van der Waals surface area contributed by atoms with Gasteiger partial charge in [0.1, 0.15) is 6.61 Å². The van der Waals surface area contributed by atoms with Crippen molar-refractivity contribution in [1.82, 2.24) is 4.98 Å². The van der Waals surface area contributed by atoms with Crippen molar-refractivity contribution in [1.29, 1.82) is 0 Å². The second-order valence-electron chi connectivity index (χ2n) is 6.08. The molecule has 4 rings (SSSR count). The van der Waals surface area contributed by atoms with Gasteiger partial charge in [0.05, 0.1) is 5.41 Å². The normalized spacial score (nSPS) is 15.3. The fourth-order valence-electron chi connectivity index (χ4n) is 3.02. The lowest BCUT2D eigenvalue weighted by Gasteiger charge is -2.15. The fraction of sp³-hybridized carbons (Fsp3) is 0.200. The molecule has 0 spiro atoms. The Morgan fingerprint density at radius 2 is 1.74 bits per heavy atom. The van der Waals surface area contributed by atoms with Crippen LogP contribution in [-0.4, -0.2) is 11.0 Å². The molecule has 1 heterocycles. The lowest BCUT2D eigenvalue weighted by molar-refractivity contribution is -0.148. The first-order valence-corrected chi connectivity index (χ1v) is 7.83. The van der Waals surface area contributed by atoms with Gasteiger partial charge >= 0.3 is 5.97 Å². The molecule has 0 unspecified atom stereocenters. The molecule has 1 aliphatic rings. The summed E-state index contributed by atoms with van der Waals surface area (Å²) in [6.45, 7) is 0.316. The Balaban J connectivity index is 1.49. The minimum absolute atomic E-state index is 0.128. The predicted molar refractivity (Wildman–Crippen MR) is 88.9 cm³/mol. The maximum atomic E-state index is 12.5. The van der Waals surface area contributed by atoms with Crippen molar-refractivity contribution in [2.45, 2.75) is 24.9 Å². The molecule has 3 nitrogen and oxygen atoms in total. The van der Waals surface area contributed by atoms with Crippen LogP contribution in [0.15, 0.2) is 67.0 Å². The molecule has 0 atom stereocenters. The Kier molecular flexibility index (Phi) is 3.34. The van der Waals surface area contributed by atoms with E-state index in [0.29, 0.717) is 6.61 Å². The zero-order chi connectivity index (χ0) is 15.7. The highest BCUT2D eigenvalue weighted by Crippen LogP contribution is 2.49. The quantitative estimate of drug-likeness (QED) is 0.684. The number of carbonyl (C=O) groups is 1. The van der Waals surface area contributed by atoms with Gasteiger partial charge in [0, 0.05) is 12.4 Å². The molecular weight excluding hydrogens is 286 g/mol. The Morgan fingerprint density at radius 1 is 1.00 bits per heavy atom. The van der Waals surface area contributed by atoms with Crippen molar-refractivity contribution < 1.29 is 9.53 Å². The minimum atomic E-state index is -0.445. The van der Waals surface area contributed by atoms with Crippen molar-refractivity contribution in [2.24, 2.45) is 0 Å². The van der Waals surface area contributed by atoms with Gasteiger partial charge in [-0.2, -0.15) is 0 Å². The van der Waals surface area contributed by atoms with Crippen LogP contribution in [0.3, 0.4) is 0 Å². The first kappa shape index (κ1) is 13.9. The molecule has 1 saturated carbocycles. The highest BCUT2D eigenvalue weighted by molar-refractivity contribution is 5.87. The second kappa shape index (κ2) is 5.51. The van der Waals surface area contributed by atoms with Crippen LogP contribution in [0.5, 0.6) is 0 Å². The van der Waals surface area contributed by atoms with Crippen LogP contribution in [0.25, 0.3) is 10.8 Å². The summed E-state index contributed by atoms with van der Waals surface area (Å²) >= 11 is 0. The van der Waals surface area contributed by atoms with Gasteiger partial charge in [-0.25, -0.2) is 0 Å². The number of hydrogen-bond donors (Lipinski definition) is 0. The average Bonchev–Trinajstić information content (AvgIpc) is 3.42. The van der Waals surface area contributed by atoms with E-state index in [0.717, 1.165) is 29.4 Å². The summed E-state index contributed by atoms with van der Waals surface area (Å²) in [5.74, 6) is -0.128. The summed E-state index contributed by atoms with van der Waals surface area (Å²) in [7, 11) is 0. The first-order chi connectivity index (χ1) is 11.3. The number of hydrogen-bond acceptors (Lipinski definition) is 3. The molecule has 0 radical (unpaired) electrons. The number of pyridine rings is 1. The maximum absolute atomic E-state index is 12.5. The van der Waals surface area contributed by atoms with E-state index in [4.69, 9.17) is 4.74 Å². The van der Waals surface area contributed by atoms with Crippen LogP contribution in [-0.2, 0) is 21.6 Å². The van der Waals surface area contributed by atoms with Crippen molar-refractivity contribution >= 4 is 16.7 Å². The Bertz CT molecular complexity index is 854. The zero-order valence-corrected chi connectivity index (χ0v) is 12.7. The lowest BCUT2D eigenvalue weighted by Crippen LogP contribution is -2.23. The molecule has 1 fully saturated rings. The number of aromatic nitrogens is 1. The summed E-state index contributed by atoms with van der Waals surface area (Å²) < 4.78 is 5.60. The summed E-state index contributed by atoms with van der Waals surface area (Å²) in [5, 5.41) is 2.36. The molecular formula is C20H17NO2. The van der Waals surface area contributed by atoms with E-state index >= 15 is 0 Å². The van der Waals surface area contributed by atoms with E-state index < -0.39 is 5.41 Å². The summed E-state index contributed by atoms with van der Waals surface area (Å²) in [4.78, 5) is 16.5. The first-order valence-electron chi connectivity index (χ1n) is 7.83. The van der Waals surface area contributed by atoms with Crippen LogP contribution < -0.4 is 0 Å². The maximum Gasteiger partial charge on any atom is 0.316 e. The number of ether oxygens (including phenoxy) is 1. The van der Waals surface area contributed by atoms with E-state index in [-0.39, 0.29) is 5.97 Å². The van der Waals surface area contributed by atoms with Gasteiger partial charge in [-0.15, -0.1) is 0 Å². The van der Waals surface area contributed by atoms with Crippen LogP contribution in [0.1, 0.15) is 24.0 Å². The monoisotopic (exact) mass is 303 g/mol. The molecule has 1 aromatic heterocycles. The molecule has 114 valence electrons. The minimum Gasteiger partial charge on any atom is -0.460 e. The number of rotatable bonds is 4. The van der Waals surface area contributed by atoms with Gasteiger partial charge in [0.2, 0.25) is 0 Å². The average molecular weight is 303 g/mol. The van der Waals surface area contributed by atoms with Crippen molar-refractivity contribution in [3.63, 3.8) is 0 Å². The molecule has 1 aliphatic carbocycles. The zero-order valence-electron chi connectivity index (χ0n) is 12.7. The molecule has 0 saturated heterocycles. The SMILES string of the molecule is O=C(OCc1ccc2ccccc2c1)C1(c2ccncc2)CC1. The number of benzene rings is 2. The van der Waals surface area contributed by atoms with E-state index in [1.165, 1.54) is 5.39 Å². The van der Waals surface area contributed by atoms with Gasteiger partial charge in [-0.3, -0.25) is 9.78 Å². The fourth-order valence-corrected chi connectivity index (χ4v) is 3.02. The van der Waals surface area contributed by atoms with Crippen LogP contribution in [0.2, 0.25) is 0 Å². The van der Waals surface area contributed by atoms with Gasteiger partial charge in [-0.05, 0) is 52.9 Å². The van der Waals surface area contributed by atoms with Crippen molar-refractivity contribution in [3.8, 4) is 0 Å². The summed E-state index contributed by atoms with van der Waals surface area (Å²) in [6, 6.07) is 18.2. The third kappa shape index (κ3) is 2.59.